The minimum absolute atomic E-state index is 0.163. The molecule has 0 amide bonds. The van der Waals surface area contributed by atoms with Crippen LogP contribution in [0.15, 0.2) is 18.2 Å². The predicted molar refractivity (Wildman–Crippen MR) is 69.1 cm³/mol. The van der Waals surface area contributed by atoms with Crippen LogP contribution in [0.25, 0.3) is 0 Å². The van der Waals surface area contributed by atoms with Gasteiger partial charge in [-0.05, 0) is 18.2 Å². The van der Waals surface area contributed by atoms with Crippen molar-refractivity contribution in [3.8, 4) is 0 Å². The molecule has 0 fully saturated rings. The summed E-state index contributed by atoms with van der Waals surface area (Å²) in [5.74, 6) is 1.81. The van der Waals surface area contributed by atoms with Crippen LogP contribution in [-0.4, -0.2) is 17.2 Å². The van der Waals surface area contributed by atoms with Gasteiger partial charge in [-0.1, -0.05) is 19.1 Å². The van der Waals surface area contributed by atoms with E-state index in [0.717, 1.165) is 17.1 Å². The highest BCUT2D eigenvalue weighted by atomic mass is 32.2. The Balaban J connectivity index is 3.05. The first kappa shape index (κ1) is 12.8. The number of rotatable bonds is 6. The molecule has 0 unspecified atom stereocenters. The highest BCUT2D eigenvalue weighted by Crippen LogP contribution is 2.30. The molecule has 5 heteroatoms. The molecule has 16 heavy (non-hydrogen) atoms. The van der Waals surface area contributed by atoms with Gasteiger partial charge in [-0.15, -0.1) is 0 Å². The minimum atomic E-state index is -0.335. The van der Waals surface area contributed by atoms with E-state index in [1.54, 1.807) is 17.8 Å². The van der Waals surface area contributed by atoms with E-state index in [1.165, 1.54) is 6.07 Å². The maximum Gasteiger partial charge on any atom is 0.292 e. The van der Waals surface area contributed by atoms with Crippen LogP contribution in [0, 0.1) is 10.1 Å². The van der Waals surface area contributed by atoms with Crippen molar-refractivity contribution >= 4 is 23.1 Å². The van der Waals surface area contributed by atoms with Gasteiger partial charge >= 0.3 is 0 Å². The topological polar surface area (TPSA) is 55.2 Å². The standard InChI is InChI=1S/C11H16N2O2S/c1-3-12-11-9(8-16-4-2)6-5-7-10(11)13(14)15/h5-7,12H,3-4,8H2,1-2H3. The average Bonchev–Trinajstić information content (AvgIpc) is 2.27. The van der Waals surface area contributed by atoms with Gasteiger partial charge in [0, 0.05) is 18.4 Å². The quantitative estimate of drug-likeness (QED) is 0.612. The molecule has 1 rings (SSSR count). The minimum Gasteiger partial charge on any atom is -0.380 e. The lowest BCUT2D eigenvalue weighted by Crippen LogP contribution is -2.04. The summed E-state index contributed by atoms with van der Waals surface area (Å²) in [7, 11) is 0. The molecule has 0 aliphatic heterocycles. The van der Waals surface area contributed by atoms with Gasteiger partial charge in [0.1, 0.15) is 5.69 Å². The number of nitro benzene ring substituents is 1. The SMILES string of the molecule is CCNc1c(CSCC)cccc1[N+](=O)[O-]. The molecular weight excluding hydrogens is 224 g/mol. The van der Waals surface area contributed by atoms with Crippen LogP contribution in [0.1, 0.15) is 19.4 Å². The zero-order valence-corrected chi connectivity index (χ0v) is 10.3. The summed E-state index contributed by atoms with van der Waals surface area (Å²) in [6, 6.07) is 5.22. The number of anilines is 1. The maximum absolute atomic E-state index is 10.9. The van der Waals surface area contributed by atoms with Crippen molar-refractivity contribution in [2.24, 2.45) is 0 Å². The normalized spacial score (nSPS) is 10.1. The van der Waals surface area contributed by atoms with Gasteiger partial charge in [-0.25, -0.2) is 0 Å². The maximum atomic E-state index is 10.9. The third-order valence-electron chi connectivity index (χ3n) is 2.14. The molecule has 0 saturated heterocycles. The monoisotopic (exact) mass is 240 g/mol. The summed E-state index contributed by atoms with van der Waals surface area (Å²) in [5.41, 5.74) is 1.83. The first-order valence-corrected chi connectivity index (χ1v) is 6.44. The second kappa shape index (κ2) is 6.37. The highest BCUT2D eigenvalue weighted by molar-refractivity contribution is 7.98. The number of para-hydroxylation sites is 1. The summed E-state index contributed by atoms with van der Waals surface area (Å²) in [4.78, 5) is 10.5. The molecule has 0 bridgehead atoms. The molecule has 88 valence electrons. The molecule has 1 N–H and O–H groups in total. The van der Waals surface area contributed by atoms with Crippen molar-refractivity contribution in [1.29, 1.82) is 0 Å². The van der Waals surface area contributed by atoms with E-state index in [1.807, 2.05) is 13.0 Å². The number of benzene rings is 1. The third kappa shape index (κ3) is 3.13. The van der Waals surface area contributed by atoms with Gasteiger partial charge < -0.3 is 5.32 Å². The van der Waals surface area contributed by atoms with Crippen molar-refractivity contribution in [3.63, 3.8) is 0 Å². The van der Waals surface area contributed by atoms with Crippen LogP contribution in [0.5, 0.6) is 0 Å². The predicted octanol–water partition coefficient (Wildman–Crippen LogP) is 3.28. The summed E-state index contributed by atoms with van der Waals surface area (Å²) in [6.45, 7) is 4.71. The smallest absolute Gasteiger partial charge is 0.292 e. The number of thioether (sulfide) groups is 1. The van der Waals surface area contributed by atoms with Gasteiger partial charge in [-0.2, -0.15) is 11.8 Å². The molecule has 4 nitrogen and oxygen atoms in total. The molecule has 0 saturated carbocycles. The Morgan fingerprint density at radius 2 is 2.19 bits per heavy atom. The van der Waals surface area contributed by atoms with Crippen molar-refractivity contribution in [3.05, 3.63) is 33.9 Å². The van der Waals surface area contributed by atoms with Crippen molar-refractivity contribution in [1.82, 2.24) is 0 Å². The highest BCUT2D eigenvalue weighted by Gasteiger charge is 2.16. The fourth-order valence-corrected chi connectivity index (χ4v) is 2.12. The molecule has 0 aliphatic carbocycles. The van der Waals surface area contributed by atoms with Crippen LogP contribution in [-0.2, 0) is 5.75 Å². The molecule has 0 radical (unpaired) electrons. The van der Waals surface area contributed by atoms with Gasteiger partial charge in [0.05, 0.1) is 4.92 Å². The second-order valence-electron chi connectivity index (χ2n) is 3.24. The lowest BCUT2D eigenvalue weighted by Gasteiger charge is -2.10. The lowest BCUT2D eigenvalue weighted by molar-refractivity contribution is -0.384. The lowest BCUT2D eigenvalue weighted by atomic mass is 10.1. The second-order valence-corrected chi connectivity index (χ2v) is 4.51. The van der Waals surface area contributed by atoms with Crippen LogP contribution < -0.4 is 5.32 Å². The van der Waals surface area contributed by atoms with E-state index in [9.17, 15) is 10.1 Å². The molecule has 0 aromatic heterocycles. The van der Waals surface area contributed by atoms with Crippen LogP contribution in [0.4, 0.5) is 11.4 Å². The van der Waals surface area contributed by atoms with E-state index >= 15 is 0 Å². The van der Waals surface area contributed by atoms with Gasteiger partial charge in [0.15, 0.2) is 0 Å². The molecule has 1 aromatic carbocycles. The zero-order valence-electron chi connectivity index (χ0n) is 9.53. The third-order valence-corrected chi connectivity index (χ3v) is 3.06. The molecule has 1 aromatic rings. The number of nitrogens with zero attached hydrogens (tertiary/aromatic N) is 1. The summed E-state index contributed by atoms with van der Waals surface area (Å²) < 4.78 is 0. The first-order chi connectivity index (χ1) is 7.70. The molecular formula is C11H16N2O2S. The summed E-state index contributed by atoms with van der Waals surface area (Å²) in [6.07, 6.45) is 0. The Labute approximate surface area is 99.6 Å². The van der Waals surface area contributed by atoms with E-state index in [-0.39, 0.29) is 10.6 Å². The van der Waals surface area contributed by atoms with E-state index in [2.05, 4.69) is 12.2 Å². The van der Waals surface area contributed by atoms with Crippen molar-refractivity contribution in [2.45, 2.75) is 19.6 Å². The van der Waals surface area contributed by atoms with E-state index < -0.39 is 0 Å². The number of nitro groups is 1. The van der Waals surface area contributed by atoms with Gasteiger partial charge in [0.25, 0.3) is 5.69 Å². The van der Waals surface area contributed by atoms with Crippen molar-refractivity contribution in [2.75, 3.05) is 17.6 Å². The fraction of sp³-hybridized carbons (Fsp3) is 0.455. The molecule has 0 aliphatic rings. The summed E-state index contributed by atoms with van der Waals surface area (Å²) in [5, 5.41) is 14.0. The first-order valence-electron chi connectivity index (χ1n) is 5.28. The number of hydrogen-bond donors (Lipinski definition) is 1. The summed E-state index contributed by atoms with van der Waals surface area (Å²) >= 11 is 1.76. The Morgan fingerprint density at radius 1 is 1.44 bits per heavy atom. The van der Waals surface area contributed by atoms with Gasteiger partial charge in [-0.3, -0.25) is 10.1 Å². The Hall–Kier alpha value is -1.23. The Bertz CT molecular complexity index is 369. The number of hydrogen-bond acceptors (Lipinski definition) is 4. The molecule has 0 heterocycles. The largest absolute Gasteiger partial charge is 0.380 e. The van der Waals surface area contributed by atoms with Crippen molar-refractivity contribution < 1.29 is 4.92 Å². The van der Waals surface area contributed by atoms with Crippen LogP contribution in [0.3, 0.4) is 0 Å². The van der Waals surface area contributed by atoms with E-state index in [4.69, 9.17) is 0 Å². The van der Waals surface area contributed by atoms with Gasteiger partial charge in [0.2, 0.25) is 0 Å². The zero-order chi connectivity index (χ0) is 12.0. The molecule has 0 atom stereocenters. The van der Waals surface area contributed by atoms with Crippen LogP contribution in [0.2, 0.25) is 0 Å². The fourth-order valence-electron chi connectivity index (χ4n) is 1.45. The van der Waals surface area contributed by atoms with E-state index in [0.29, 0.717) is 12.2 Å². The average molecular weight is 240 g/mol. The van der Waals surface area contributed by atoms with Crippen LogP contribution >= 0.6 is 11.8 Å². The Morgan fingerprint density at radius 3 is 2.75 bits per heavy atom. The molecule has 0 spiro atoms. The Kier molecular flexibility index (Phi) is 5.11. The number of nitrogens with one attached hydrogen (secondary N) is 1.